The van der Waals surface area contributed by atoms with Gasteiger partial charge in [0.15, 0.2) is 12.6 Å². The molecule has 0 saturated heterocycles. The molecule has 0 amide bonds. The lowest BCUT2D eigenvalue weighted by molar-refractivity contribution is 0.400. The van der Waals surface area contributed by atoms with E-state index in [4.69, 9.17) is 0 Å². The summed E-state index contributed by atoms with van der Waals surface area (Å²) >= 11 is 38.7. The lowest BCUT2D eigenvalue weighted by atomic mass is 10.4. The van der Waals surface area contributed by atoms with E-state index in [-0.39, 0.29) is 0 Å². The fourth-order valence-corrected chi connectivity index (χ4v) is 3.32. The van der Waals surface area contributed by atoms with Gasteiger partial charge in [-0.2, -0.15) is 37.9 Å². The van der Waals surface area contributed by atoms with Crippen molar-refractivity contribution in [3.63, 3.8) is 0 Å². The van der Waals surface area contributed by atoms with Gasteiger partial charge in [0.25, 0.3) is 0 Å². The van der Waals surface area contributed by atoms with E-state index in [2.05, 4.69) is 114 Å². The zero-order chi connectivity index (χ0) is 21.7. The van der Waals surface area contributed by atoms with E-state index in [1.165, 1.54) is 0 Å². The number of hydrogen-bond donors (Lipinski definition) is 9. The highest BCUT2D eigenvalue weighted by Gasteiger charge is 2.42. The Balaban J connectivity index is 4.33. The number of aromatic nitrogens is 3. The molecular formula is C12H21N3O3S9. The van der Waals surface area contributed by atoms with Crippen LogP contribution in [-0.4, -0.2) is 29.5 Å². The standard InChI is InChI=1S/C12H21N3O3S9/c1-4(19)10(22,23)13-7(16)14(11(24,25)5(2)20)9(18)15(8(13)17)12(26,27)6(3)21/h4-6,19-27H,1-3H3. The third-order valence-electron chi connectivity index (χ3n) is 3.82. The summed E-state index contributed by atoms with van der Waals surface area (Å²) in [4.78, 5) is 39.4. The molecule has 0 fully saturated rings. The Kier molecular flexibility index (Phi) is 8.83. The van der Waals surface area contributed by atoms with Crippen molar-refractivity contribution in [1.82, 2.24) is 13.7 Å². The van der Waals surface area contributed by atoms with Crippen LogP contribution in [0, 0.1) is 0 Å². The second-order valence-corrected chi connectivity index (χ2v) is 13.4. The predicted molar refractivity (Wildman–Crippen MR) is 142 cm³/mol. The molecule has 6 nitrogen and oxygen atoms in total. The third-order valence-corrected chi connectivity index (χ3v) is 9.68. The molecule has 0 saturated carbocycles. The molecule has 0 aromatic carbocycles. The maximum absolute atomic E-state index is 13.1. The van der Waals surface area contributed by atoms with E-state index < -0.39 is 45.4 Å². The minimum Gasteiger partial charge on any atom is -0.247 e. The molecule has 1 aromatic rings. The summed E-state index contributed by atoms with van der Waals surface area (Å²) in [5.74, 6) is 0. The van der Waals surface area contributed by atoms with Gasteiger partial charge in [-0.25, -0.2) is 28.1 Å². The molecule has 1 rings (SSSR count). The molecule has 1 aromatic heterocycles. The van der Waals surface area contributed by atoms with Gasteiger partial charge >= 0.3 is 17.1 Å². The normalized spacial score (nSPS) is 16.9. The van der Waals surface area contributed by atoms with Crippen LogP contribution < -0.4 is 17.1 Å². The van der Waals surface area contributed by atoms with Crippen molar-refractivity contribution >= 4 is 114 Å². The van der Waals surface area contributed by atoms with Crippen LogP contribution in [0.4, 0.5) is 0 Å². The maximum atomic E-state index is 13.1. The second kappa shape index (κ2) is 8.97. The molecule has 0 aliphatic heterocycles. The molecule has 0 spiro atoms. The van der Waals surface area contributed by atoms with E-state index >= 15 is 0 Å². The highest BCUT2D eigenvalue weighted by molar-refractivity contribution is 8.01. The predicted octanol–water partition coefficient (Wildman–Crippen LogP) is 1.54. The van der Waals surface area contributed by atoms with E-state index in [0.29, 0.717) is 13.7 Å². The van der Waals surface area contributed by atoms with Gasteiger partial charge in [0.05, 0.1) is 0 Å². The molecule has 3 unspecified atom stereocenters. The Morgan fingerprint density at radius 1 is 0.556 bits per heavy atom. The van der Waals surface area contributed by atoms with Gasteiger partial charge in [-0.3, -0.25) is 0 Å². The Bertz CT molecular complexity index is 738. The molecule has 15 heteroatoms. The average Bonchev–Trinajstić information content (AvgIpc) is 2.45. The zero-order valence-corrected chi connectivity index (χ0v) is 22.4. The fraction of sp³-hybridized carbons (Fsp3) is 0.750. The first-order chi connectivity index (χ1) is 11.9. The second-order valence-electron chi connectivity index (χ2n) is 5.94. The molecule has 27 heavy (non-hydrogen) atoms. The monoisotopic (exact) mass is 543 g/mol. The van der Waals surface area contributed by atoms with Crippen molar-refractivity contribution in [1.29, 1.82) is 0 Å². The quantitative estimate of drug-likeness (QED) is 0.202. The van der Waals surface area contributed by atoms with Crippen LogP contribution in [-0.2, 0) is 12.6 Å². The van der Waals surface area contributed by atoms with Gasteiger partial charge in [-0.15, -0.1) is 75.8 Å². The molecular weight excluding hydrogens is 523 g/mol. The molecule has 1 heterocycles. The van der Waals surface area contributed by atoms with Crippen LogP contribution in [0.1, 0.15) is 20.8 Å². The Labute approximate surface area is 206 Å². The smallest absolute Gasteiger partial charge is 0.247 e. The van der Waals surface area contributed by atoms with Gasteiger partial charge in [0.2, 0.25) is 0 Å². The SMILES string of the molecule is CC(S)C(S)(S)n1c(=O)n(C(S)(S)C(C)S)c(=O)n(C(S)(S)C(C)S)c1=O. The summed E-state index contributed by atoms with van der Waals surface area (Å²) < 4.78 is -2.97. The summed E-state index contributed by atoms with van der Waals surface area (Å²) in [6, 6.07) is 0. The lowest BCUT2D eigenvalue weighted by Crippen LogP contribution is -2.65. The number of nitrogens with zero attached hydrogens (tertiary/aromatic N) is 3. The number of rotatable bonds is 6. The summed E-state index contributed by atoms with van der Waals surface area (Å²) in [6.07, 6.45) is 0. The molecule has 0 aliphatic rings. The van der Waals surface area contributed by atoms with Crippen molar-refractivity contribution < 1.29 is 0 Å². The van der Waals surface area contributed by atoms with Gasteiger partial charge in [0.1, 0.15) is 0 Å². The van der Waals surface area contributed by atoms with Crippen molar-refractivity contribution in [3.8, 4) is 0 Å². The Hall–Kier alpha value is 1.56. The summed E-state index contributed by atoms with van der Waals surface area (Å²) in [7, 11) is 0. The van der Waals surface area contributed by atoms with Crippen LogP contribution in [0.3, 0.4) is 0 Å². The van der Waals surface area contributed by atoms with Crippen LogP contribution in [0.5, 0.6) is 0 Å². The van der Waals surface area contributed by atoms with Crippen LogP contribution in [0.25, 0.3) is 0 Å². The Morgan fingerprint density at radius 3 is 0.815 bits per heavy atom. The molecule has 0 bridgehead atoms. The Morgan fingerprint density at radius 2 is 0.704 bits per heavy atom. The van der Waals surface area contributed by atoms with Crippen molar-refractivity contribution in [2.24, 2.45) is 0 Å². The average molecular weight is 544 g/mol. The molecule has 0 radical (unpaired) electrons. The van der Waals surface area contributed by atoms with Crippen LogP contribution in [0.2, 0.25) is 0 Å². The van der Waals surface area contributed by atoms with Crippen molar-refractivity contribution in [3.05, 3.63) is 31.5 Å². The molecule has 0 N–H and O–H groups in total. The van der Waals surface area contributed by atoms with E-state index in [9.17, 15) is 14.4 Å². The largest absolute Gasteiger partial charge is 0.340 e. The topological polar surface area (TPSA) is 66.0 Å². The first-order valence-electron chi connectivity index (χ1n) is 7.34. The van der Waals surface area contributed by atoms with Crippen LogP contribution >= 0.6 is 114 Å². The van der Waals surface area contributed by atoms with Gasteiger partial charge in [0, 0.05) is 15.7 Å². The van der Waals surface area contributed by atoms with Crippen LogP contribution in [0.15, 0.2) is 14.4 Å². The van der Waals surface area contributed by atoms with E-state index in [0.717, 1.165) is 0 Å². The minimum absolute atomic E-state index is 0.674. The first kappa shape index (κ1) is 26.6. The summed E-state index contributed by atoms with van der Waals surface area (Å²) in [5, 5.41) is -2.04. The zero-order valence-electron chi connectivity index (χ0n) is 14.3. The number of hydrogen-bond acceptors (Lipinski definition) is 12. The highest BCUT2D eigenvalue weighted by atomic mass is 32.2. The van der Waals surface area contributed by atoms with Gasteiger partial charge < -0.3 is 0 Å². The van der Waals surface area contributed by atoms with E-state index in [1.54, 1.807) is 20.8 Å². The van der Waals surface area contributed by atoms with Gasteiger partial charge in [-0.05, 0) is 20.8 Å². The molecule has 3 atom stereocenters. The van der Waals surface area contributed by atoms with Crippen molar-refractivity contribution in [2.45, 2.75) is 49.1 Å². The van der Waals surface area contributed by atoms with Gasteiger partial charge in [-0.1, -0.05) is 0 Å². The number of thiol groups is 9. The highest BCUT2D eigenvalue weighted by Crippen LogP contribution is 2.35. The third kappa shape index (κ3) is 4.75. The van der Waals surface area contributed by atoms with E-state index in [1.807, 2.05) is 0 Å². The summed E-state index contributed by atoms with van der Waals surface area (Å²) in [6.45, 7) is 4.75. The van der Waals surface area contributed by atoms with Crippen molar-refractivity contribution in [2.75, 3.05) is 0 Å². The first-order valence-corrected chi connectivity index (χ1v) is 11.6. The minimum atomic E-state index is -1.66. The lowest BCUT2D eigenvalue weighted by Gasteiger charge is -2.36. The molecule has 156 valence electrons. The molecule has 0 aliphatic carbocycles. The fourth-order valence-electron chi connectivity index (χ4n) is 1.95. The maximum Gasteiger partial charge on any atom is 0.340 e. The summed E-state index contributed by atoms with van der Waals surface area (Å²) in [5.41, 5.74) is -3.08.